The topological polar surface area (TPSA) is 57.6 Å². The quantitative estimate of drug-likeness (QED) is 0.868. The highest BCUT2D eigenvalue weighted by molar-refractivity contribution is 5.96. The van der Waals surface area contributed by atoms with Crippen LogP contribution in [0.25, 0.3) is 6.08 Å². The first-order valence-electron chi connectivity index (χ1n) is 6.99. The minimum atomic E-state index is -1.13. The average Bonchev–Trinajstić information content (AvgIpc) is 2.91. The Bertz CT molecular complexity index is 585. The van der Waals surface area contributed by atoms with E-state index in [0.717, 1.165) is 0 Å². The van der Waals surface area contributed by atoms with Gasteiger partial charge in [0.05, 0.1) is 0 Å². The fourth-order valence-electron chi connectivity index (χ4n) is 2.80. The van der Waals surface area contributed by atoms with Crippen LogP contribution in [0.3, 0.4) is 0 Å². The summed E-state index contributed by atoms with van der Waals surface area (Å²) in [6.45, 7) is 2.18. The van der Waals surface area contributed by atoms with Crippen molar-refractivity contribution in [1.82, 2.24) is 4.90 Å². The molecule has 1 heterocycles. The SMILES string of the molecule is CCC1(C(=O)O)CCCN1C(=O)/C=C/c1ccccc1F. The Kier molecular flexibility index (Phi) is 4.40. The molecule has 0 saturated carbocycles. The van der Waals surface area contributed by atoms with Crippen molar-refractivity contribution in [2.24, 2.45) is 0 Å². The van der Waals surface area contributed by atoms with Gasteiger partial charge in [-0.05, 0) is 31.4 Å². The number of rotatable bonds is 4. The number of hydrogen-bond donors (Lipinski definition) is 1. The Hall–Kier alpha value is -2.17. The summed E-state index contributed by atoms with van der Waals surface area (Å²) in [5.41, 5.74) is -0.820. The van der Waals surface area contributed by atoms with Crippen LogP contribution in [-0.4, -0.2) is 34.0 Å². The van der Waals surface area contributed by atoms with Crippen LogP contribution < -0.4 is 0 Å². The molecule has 1 amide bonds. The molecular formula is C16H18FNO3. The molecule has 0 spiro atoms. The third-order valence-corrected chi connectivity index (χ3v) is 4.05. The molecule has 1 fully saturated rings. The van der Waals surface area contributed by atoms with E-state index in [9.17, 15) is 19.1 Å². The first-order chi connectivity index (χ1) is 10.0. The zero-order valence-electron chi connectivity index (χ0n) is 11.9. The molecule has 112 valence electrons. The first-order valence-corrected chi connectivity index (χ1v) is 6.99. The van der Waals surface area contributed by atoms with E-state index < -0.39 is 17.3 Å². The van der Waals surface area contributed by atoms with Crippen LogP contribution in [0, 0.1) is 5.82 Å². The van der Waals surface area contributed by atoms with E-state index in [1.54, 1.807) is 25.1 Å². The summed E-state index contributed by atoms with van der Waals surface area (Å²) in [5.74, 6) is -1.78. The van der Waals surface area contributed by atoms with Crippen LogP contribution in [-0.2, 0) is 9.59 Å². The van der Waals surface area contributed by atoms with Gasteiger partial charge in [0, 0.05) is 18.2 Å². The van der Waals surface area contributed by atoms with Gasteiger partial charge in [0.25, 0.3) is 0 Å². The highest BCUT2D eigenvalue weighted by Crippen LogP contribution is 2.33. The van der Waals surface area contributed by atoms with Gasteiger partial charge < -0.3 is 10.0 Å². The summed E-state index contributed by atoms with van der Waals surface area (Å²) in [5, 5.41) is 9.43. The van der Waals surface area contributed by atoms with E-state index in [-0.39, 0.29) is 5.91 Å². The summed E-state index contributed by atoms with van der Waals surface area (Å²) in [7, 11) is 0. The summed E-state index contributed by atoms with van der Waals surface area (Å²) in [6.07, 6.45) is 4.12. The second-order valence-corrected chi connectivity index (χ2v) is 5.14. The summed E-state index contributed by atoms with van der Waals surface area (Å²) < 4.78 is 13.5. The van der Waals surface area contributed by atoms with E-state index in [1.165, 1.54) is 23.1 Å². The van der Waals surface area contributed by atoms with E-state index in [2.05, 4.69) is 0 Å². The number of carboxylic acid groups (broad SMARTS) is 1. The monoisotopic (exact) mass is 291 g/mol. The molecule has 1 unspecified atom stereocenters. The number of benzene rings is 1. The number of aliphatic carboxylic acids is 1. The van der Waals surface area contributed by atoms with Gasteiger partial charge in [0.15, 0.2) is 0 Å². The summed E-state index contributed by atoms with van der Waals surface area (Å²) in [4.78, 5) is 25.2. The highest BCUT2D eigenvalue weighted by atomic mass is 19.1. The molecule has 1 aliphatic heterocycles. The lowest BCUT2D eigenvalue weighted by atomic mass is 9.93. The fourth-order valence-corrected chi connectivity index (χ4v) is 2.80. The van der Waals surface area contributed by atoms with E-state index >= 15 is 0 Å². The number of carbonyl (C=O) groups excluding carboxylic acids is 1. The second kappa shape index (κ2) is 6.08. The molecule has 2 rings (SSSR count). The van der Waals surface area contributed by atoms with Crippen molar-refractivity contribution < 1.29 is 19.1 Å². The molecule has 1 N–H and O–H groups in total. The van der Waals surface area contributed by atoms with E-state index in [0.29, 0.717) is 31.4 Å². The maximum absolute atomic E-state index is 13.5. The molecule has 0 radical (unpaired) electrons. The minimum Gasteiger partial charge on any atom is -0.479 e. The van der Waals surface area contributed by atoms with Crippen molar-refractivity contribution in [1.29, 1.82) is 0 Å². The Morgan fingerprint density at radius 1 is 1.43 bits per heavy atom. The molecular weight excluding hydrogens is 273 g/mol. The summed E-state index contributed by atoms with van der Waals surface area (Å²) >= 11 is 0. The molecule has 1 aromatic rings. The number of amides is 1. The van der Waals surface area contributed by atoms with Crippen LogP contribution in [0.4, 0.5) is 4.39 Å². The number of carbonyl (C=O) groups is 2. The lowest BCUT2D eigenvalue weighted by Crippen LogP contribution is -2.52. The predicted octanol–water partition coefficient (Wildman–Crippen LogP) is 2.69. The third kappa shape index (κ3) is 2.82. The fraction of sp³-hybridized carbons (Fsp3) is 0.375. The highest BCUT2D eigenvalue weighted by Gasteiger charge is 2.47. The molecule has 0 aliphatic carbocycles. The zero-order chi connectivity index (χ0) is 15.5. The van der Waals surface area contributed by atoms with Gasteiger partial charge in [-0.25, -0.2) is 9.18 Å². The molecule has 0 aromatic heterocycles. The van der Waals surface area contributed by atoms with Crippen LogP contribution in [0.1, 0.15) is 31.7 Å². The van der Waals surface area contributed by atoms with E-state index in [4.69, 9.17) is 0 Å². The molecule has 1 atom stereocenters. The van der Waals surface area contributed by atoms with Crippen molar-refractivity contribution >= 4 is 18.0 Å². The van der Waals surface area contributed by atoms with Crippen LogP contribution in [0.2, 0.25) is 0 Å². The molecule has 5 heteroatoms. The third-order valence-electron chi connectivity index (χ3n) is 4.05. The van der Waals surface area contributed by atoms with Gasteiger partial charge in [0.1, 0.15) is 11.4 Å². The van der Waals surface area contributed by atoms with Gasteiger partial charge in [-0.15, -0.1) is 0 Å². The first kappa shape index (κ1) is 15.2. The summed E-state index contributed by atoms with van der Waals surface area (Å²) in [6, 6.07) is 6.12. The average molecular weight is 291 g/mol. The molecule has 1 aromatic carbocycles. The van der Waals surface area contributed by atoms with Crippen LogP contribution in [0.5, 0.6) is 0 Å². The number of nitrogens with zero attached hydrogens (tertiary/aromatic N) is 1. The maximum Gasteiger partial charge on any atom is 0.329 e. The molecule has 1 aliphatic rings. The maximum atomic E-state index is 13.5. The number of halogens is 1. The van der Waals surface area contributed by atoms with Crippen molar-refractivity contribution in [3.05, 3.63) is 41.7 Å². The Morgan fingerprint density at radius 3 is 2.76 bits per heavy atom. The number of likely N-dealkylation sites (tertiary alicyclic amines) is 1. The van der Waals surface area contributed by atoms with Crippen molar-refractivity contribution in [3.8, 4) is 0 Å². The predicted molar refractivity (Wildman–Crippen MR) is 77.0 cm³/mol. The molecule has 21 heavy (non-hydrogen) atoms. The van der Waals surface area contributed by atoms with Crippen molar-refractivity contribution in [2.75, 3.05) is 6.54 Å². The number of carboxylic acids is 1. The van der Waals surface area contributed by atoms with Crippen molar-refractivity contribution in [3.63, 3.8) is 0 Å². The second-order valence-electron chi connectivity index (χ2n) is 5.14. The van der Waals surface area contributed by atoms with Crippen LogP contribution >= 0.6 is 0 Å². The Balaban J connectivity index is 2.20. The van der Waals surface area contributed by atoms with Crippen molar-refractivity contribution in [2.45, 2.75) is 31.7 Å². The van der Waals surface area contributed by atoms with E-state index in [1.807, 2.05) is 0 Å². The standard InChI is InChI=1S/C16H18FNO3/c1-2-16(15(20)21)10-5-11-18(16)14(19)9-8-12-6-3-4-7-13(12)17/h3-4,6-9H,2,5,10-11H2,1H3,(H,20,21)/b9-8+. The smallest absolute Gasteiger partial charge is 0.329 e. The normalized spacial score (nSPS) is 21.9. The minimum absolute atomic E-state index is 0.308. The number of hydrogen-bond acceptors (Lipinski definition) is 2. The van der Waals surface area contributed by atoms with Gasteiger partial charge in [-0.2, -0.15) is 0 Å². The van der Waals surface area contributed by atoms with Crippen LogP contribution in [0.15, 0.2) is 30.3 Å². The van der Waals surface area contributed by atoms with Gasteiger partial charge in [0.2, 0.25) is 5.91 Å². The zero-order valence-corrected chi connectivity index (χ0v) is 11.9. The Labute approximate surface area is 122 Å². The molecule has 1 saturated heterocycles. The molecule has 4 nitrogen and oxygen atoms in total. The largest absolute Gasteiger partial charge is 0.479 e. The molecule has 0 bridgehead atoms. The van der Waals surface area contributed by atoms with Gasteiger partial charge in [-0.3, -0.25) is 4.79 Å². The lowest BCUT2D eigenvalue weighted by Gasteiger charge is -2.33. The van der Waals surface area contributed by atoms with Gasteiger partial charge in [-0.1, -0.05) is 25.1 Å². The lowest BCUT2D eigenvalue weighted by molar-refractivity contribution is -0.155. The van der Waals surface area contributed by atoms with Gasteiger partial charge >= 0.3 is 5.97 Å². The Morgan fingerprint density at radius 2 is 2.14 bits per heavy atom.